The fourth-order valence-corrected chi connectivity index (χ4v) is 7.59. The van der Waals surface area contributed by atoms with Gasteiger partial charge < -0.3 is 4.74 Å². The molecule has 3 nitrogen and oxygen atoms in total. The van der Waals surface area contributed by atoms with Crippen molar-refractivity contribution in [3.8, 4) is 0 Å². The molecule has 0 bridgehead atoms. The number of Topliss-reactive ketones (excluding diaryl/α,β-unsaturated/α-hetero) is 1. The fraction of sp³-hybridized carbons (Fsp3) is 0.750. The van der Waals surface area contributed by atoms with E-state index < -0.39 is 0 Å². The molecule has 3 heteroatoms. The molecular formula is C24H34O3. The molecule has 148 valence electrons. The quantitative estimate of drug-likeness (QED) is 0.483. The van der Waals surface area contributed by atoms with E-state index in [-0.39, 0.29) is 28.7 Å². The molecule has 0 aliphatic heterocycles. The van der Waals surface area contributed by atoms with Crippen LogP contribution in [0.1, 0.15) is 79.6 Å². The van der Waals surface area contributed by atoms with E-state index in [0.717, 1.165) is 44.1 Å². The number of fused-ring (bicyclic) bond motifs is 5. The highest BCUT2D eigenvalue weighted by Crippen LogP contribution is 2.66. The van der Waals surface area contributed by atoms with E-state index in [2.05, 4.69) is 26.8 Å². The van der Waals surface area contributed by atoms with Gasteiger partial charge in [0.1, 0.15) is 6.10 Å². The van der Waals surface area contributed by atoms with Crippen molar-refractivity contribution in [3.63, 3.8) is 0 Å². The molecule has 4 rings (SSSR count). The van der Waals surface area contributed by atoms with Crippen molar-refractivity contribution < 1.29 is 14.3 Å². The monoisotopic (exact) mass is 370 g/mol. The van der Waals surface area contributed by atoms with Crippen LogP contribution in [-0.4, -0.2) is 17.9 Å². The highest BCUT2D eigenvalue weighted by molar-refractivity contribution is 5.96. The van der Waals surface area contributed by atoms with Crippen molar-refractivity contribution in [2.45, 2.75) is 85.7 Å². The summed E-state index contributed by atoms with van der Waals surface area (Å²) in [5.74, 6) is 2.12. The van der Waals surface area contributed by atoms with E-state index in [1.165, 1.54) is 24.5 Å². The second-order valence-electron chi connectivity index (χ2n) is 10.1. The number of ketones is 1. The first kappa shape index (κ1) is 19.0. The van der Waals surface area contributed by atoms with Crippen molar-refractivity contribution in [2.75, 3.05) is 0 Å². The first-order chi connectivity index (χ1) is 12.7. The van der Waals surface area contributed by atoms with E-state index >= 15 is 0 Å². The maximum Gasteiger partial charge on any atom is 0.302 e. The van der Waals surface area contributed by atoms with Gasteiger partial charge in [-0.3, -0.25) is 9.59 Å². The van der Waals surface area contributed by atoms with Crippen LogP contribution in [0.4, 0.5) is 0 Å². The maximum atomic E-state index is 12.4. The van der Waals surface area contributed by atoms with Gasteiger partial charge in [0.15, 0.2) is 5.78 Å². The van der Waals surface area contributed by atoms with E-state index in [1.54, 1.807) is 6.92 Å². The Hall–Kier alpha value is -1.38. The third-order valence-corrected chi connectivity index (χ3v) is 8.66. The predicted molar refractivity (Wildman–Crippen MR) is 106 cm³/mol. The van der Waals surface area contributed by atoms with Gasteiger partial charge in [0.05, 0.1) is 0 Å². The van der Waals surface area contributed by atoms with Gasteiger partial charge in [-0.2, -0.15) is 0 Å². The summed E-state index contributed by atoms with van der Waals surface area (Å²) >= 11 is 0. The van der Waals surface area contributed by atoms with Gasteiger partial charge in [-0.05, 0) is 86.5 Å². The second-order valence-corrected chi connectivity index (χ2v) is 10.1. The summed E-state index contributed by atoms with van der Waals surface area (Å²) in [4.78, 5) is 23.8. The van der Waals surface area contributed by atoms with E-state index in [1.807, 2.05) is 0 Å². The van der Waals surface area contributed by atoms with Crippen LogP contribution in [0.15, 0.2) is 22.8 Å². The van der Waals surface area contributed by atoms with Gasteiger partial charge in [0.2, 0.25) is 0 Å². The van der Waals surface area contributed by atoms with Gasteiger partial charge >= 0.3 is 5.97 Å². The van der Waals surface area contributed by atoms with Crippen LogP contribution in [0.3, 0.4) is 0 Å². The first-order valence-electron chi connectivity index (χ1n) is 10.7. The maximum absolute atomic E-state index is 12.4. The number of hydrogen-bond donors (Lipinski definition) is 0. The van der Waals surface area contributed by atoms with Gasteiger partial charge in [-0.15, -0.1) is 0 Å². The zero-order valence-electron chi connectivity index (χ0n) is 17.6. The number of allylic oxidation sites excluding steroid dienone is 3. The standard InChI is InChI=1S/C24H34O3/c1-14-12-21-19-7-6-17-13-18(27-16(3)26)8-10-23(17,4)20(19)9-11-24(21,5)22(14)15(2)25/h6,18-21H,7-13H2,1-5H3/t18-,19-,20+,21-,23-,24-/m0/s1. The summed E-state index contributed by atoms with van der Waals surface area (Å²) in [5, 5.41) is 0. The second kappa shape index (κ2) is 6.32. The van der Waals surface area contributed by atoms with Gasteiger partial charge in [-0.1, -0.05) is 31.1 Å². The molecular weight excluding hydrogens is 336 g/mol. The van der Waals surface area contributed by atoms with Crippen molar-refractivity contribution in [3.05, 3.63) is 22.8 Å². The normalized spacial score (nSPS) is 43.4. The summed E-state index contributed by atoms with van der Waals surface area (Å²) in [6.07, 6.45) is 10.1. The first-order valence-corrected chi connectivity index (χ1v) is 10.7. The highest BCUT2D eigenvalue weighted by atomic mass is 16.5. The smallest absolute Gasteiger partial charge is 0.302 e. The molecule has 0 spiro atoms. The molecule has 0 amide bonds. The molecule has 0 unspecified atom stereocenters. The number of ether oxygens (including phenoxy) is 1. The lowest BCUT2D eigenvalue weighted by atomic mass is 9.47. The summed E-state index contributed by atoms with van der Waals surface area (Å²) in [5.41, 5.74) is 4.33. The highest BCUT2D eigenvalue weighted by Gasteiger charge is 2.58. The minimum Gasteiger partial charge on any atom is -0.462 e. The average Bonchev–Trinajstić information content (AvgIpc) is 2.85. The number of carbonyl (C=O) groups is 2. The molecule has 2 saturated carbocycles. The zero-order chi connectivity index (χ0) is 19.6. The molecule has 4 aliphatic carbocycles. The Morgan fingerprint density at radius 2 is 1.74 bits per heavy atom. The van der Waals surface area contributed by atoms with Crippen LogP contribution in [0.25, 0.3) is 0 Å². The zero-order valence-corrected chi connectivity index (χ0v) is 17.6. The van der Waals surface area contributed by atoms with Crippen molar-refractivity contribution in [2.24, 2.45) is 28.6 Å². The topological polar surface area (TPSA) is 43.4 Å². The fourth-order valence-electron chi connectivity index (χ4n) is 7.59. The lowest BCUT2D eigenvalue weighted by Gasteiger charge is -2.57. The Bertz CT molecular complexity index is 745. The summed E-state index contributed by atoms with van der Waals surface area (Å²) in [6.45, 7) is 10.3. The molecule has 0 aromatic rings. The van der Waals surface area contributed by atoms with Crippen LogP contribution in [0.5, 0.6) is 0 Å². The molecule has 0 radical (unpaired) electrons. The van der Waals surface area contributed by atoms with E-state index in [4.69, 9.17) is 4.74 Å². The summed E-state index contributed by atoms with van der Waals surface area (Å²) < 4.78 is 5.54. The Labute approximate surface area is 163 Å². The largest absolute Gasteiger partial charge is 0.462 e. The third-order valence-electron chi connectivity index (χ3n) is 8.66. The summed E-state index contributed by atoms with van der Waals surface area (Å²) in [7, 11) is 0. The molecule has 0 aromatic carbocycles. The number of carbonyl (C=O) groups excluding carboxylic acids is 2. The number of rotatable bonds is 2. The Morgan fingerprint density at radius 3 is 2.41 bits per heavy atom. The van der Waals surface area contributed by atoms with Crippen LogP contribution < -0.4 is 0 Å². The SMILES string of the molecule is CC(=O)O[C@H]1CC[C@@]2(C)C(=CC[C@H]3[C@H]2CC[C@]2(C)C(C(C)=O)=C(C)C[C@@H]32)C1. The minimum absolute atomic E-state index is 0.0620. The molecule has 4 aliphatic rings. The van der Waals surface area contributed by atoms with Crippen LogP contribution in [-0.2, 0) is 14.3 Å². The average molecular weight is 371 g/mol. The third kappa shape index (κ3) is 2.76. The van der Waals surface area contributed by atoms with Crippen LogP contribution in [0.2, 0.25) is 0 Å². The van der Waals surface area contributed by atoms with Gasteiger partial charge in [0, 0.05) is 13.3 Å². The number of esters is 1. The minimum atomic E-state index is -0.157. The Balaban J connectivity index is 1.62. The van der Waals surface area contributed by atoms with Crippen LogP contribution >= 0.6 is 0 Å². The predicted octanol–water partition coefficient (Wildman–Crippen LogP) is 5.40. The molecule has 0 aromatic heterocycles. The lowest BCUT2D eigenvalue weighted by Crippen LogP contribution is -2.50. The van der Waals surface area contributed by atoms with Crippen molar-refractivity contribution in [1.29, 1.82) is 0 Å². The lowest BCUT2D eigenvalue weighted by molar-refractivity contribution is -0.148. The molecule has 2 fully saturated rings. The molecule has 27 heavy (non-hydrogen) atoms. The molecule has 0 heterocycles. The molecule has 0 N–H and O–H groups in total. The molecule has 6 atom stereocenters. The van der Waals surface area contributed by atoms with Gasteiger partial charge in [-0.25, -0.2) is 0 Å². The van der Waals surface area contributed by atoms with E-state index in [9.17, 15) is 9.59 Å². The van der Waals surface area contributed by atoms with E-state index in [0.29, 0.717) is 17.8 Å². The molecule has 0 saturated heterocycles. The summed E-state index contributed by atoms with van der Waals surface area (Å²) in [6, 6.07) is 0. The number of hydrogen-bond acceptors (Lipinski definition) is 3. The van der Waals surface area contributed by atoms with Crippen molar-refractivity contribution in [1.82, 2.24) is 0 Å². The van der Waals surface area contributed by atoms with Gasteiger partial charge in [0.25, 0.3) is 0 Å². The van der Waals surface area contributed by atoms with Crippen LogP contribution in [0, 0.1) is 28.6 Å². The Morgan fingerprint density at radius 1 is 1.04 bits per heavy atom. The Kier molecular flexibility index (Phi) is 4.44. The van der Waals surface area contributed by atoms with Crippen molar-refractivity contribution >= 4 is 11.8 Å².